The van der Waals surface area contributed by atoms with Crippen LogP contribution in [0.3, 0.4) is 0 Å². The van der Waals surface area contributed by atoms with Crippen LogP contribution in [0.1, 0.15) is 65.5 Å². The summed E-state index contributed by atoms with van der Waals surface area (Å²) in [6, 6.07) is 3.17. The summed E-state index contributed by atoms with van der Waals surface area (Å²) in [5.41, 5.74) is 0.812. The van der Waals surface area contributed by atoms with Crippen LogP contribution >= 0.6 is 0 Å². The van der Waals surface area contributed by atoms with Crippen molar-refractivity contribution < 1.29 is 9.53 Å². The first-order chi connectivity index (χ1) is 11.9. The molecule has 1 aromatic rings. The van der Waals surface area contributed by atoms with Gasteiger partial charge in [0.2, 0.25) is 0 Å². The van der Waals surface area contributed by atoms with Crippen LogP contribution < -0.4 is 5.32 Å². The molecule has 2 fully saturated rings. The van der Waals surface area contributed by atoms with Gasteiger partial charge in [-0.15, -0.1) is 0 Å². The molecule has 6 nitrogen and oxygen atoms in total. The van der Waals surface area contributed by atoms with Crippen molar-refractivity contribution in [3.05, 3.63) is 18.0 Å². The average Bonchev–Trinajstić information content (AvgIpc) is 3.06. The maximum atomic E-state index is 12.5. The molecular formula is C19H32N4O2. The maximum Gasteiger partial charge on any atom is 0.410 e. The number of nitrogens with zero attached hydrogens (tertiary/aromatic N) is 3. The van der Waals surface area contributed by atoms with Crippen molar-refractivity contribution in [3.63, 3.8) is 0 Å². The molecule has 2 bridgehead atoms. The largest absolute Gasteiger partial charge is 0.444 e. The summed E-state index contributed by atoms with van der Waals surface area (Å²) in [7, 11) is 0. The number of carbonyl (C=O) groups is 1. The van der Waals surface area contributed by atoms with Gasteiger partial charge in [0, 0.05) is 37.4 Å². The summed E-state index contributed by atoms with van der Waals surface area (Å²) in [5.74, 6) is 0. The summed E-state index contributed by atoms with van der Waals surface area (Å²) in [4.78, 5) is 14.5. The SMILES string of the molecule is CCCn1nccc1CNC1CC2CCC(C1)N2C(=O)OC(C)(C)C. The standard InChI is InChI=1S/C19H32N4O2/c1-5-10-22-17(8-9-21-22)13-20-14-11-15-6-7-16(12-14)23(15)18(24)25-19(2,3)4/h8-9,14-16,20H,5-7,10-13H2,1-4H3. The Hall–Kier alpha value is -1.56. The molecule has 0 aromatic carbocycles. The third-order valence-electron chi connectivity index (χ3n) is 5.15. The number of carbonyl (C=O) groups excluding carboxylic acids is 1. The van der Waals surface area contributed by atoms with Crippen LogP contribution in [0.15, 0.2) is 12.3 Å². The van der Waals surface area contributed by atoms with E-state index in [-0.39, 0.29) is 6.09 Å². The third-order valence-corrected chi connectivity index (χ3v) is 5.15. The van der Waals surface area contributed by atoms with E-state index >= 15 is 0 Å². The lowest BCUT2D eigenvalue weighted by Crippen LogP contribution is -2.52. The van der Waals surface area contributed by atoms with E-state index in [0.717, 1.165) is 45.2 Å². The van der Waals surface area contributed by atoms with Crippen LogP contribution in [0.2, 0.25) is 0 Å². The number of hydrogen-bond donors (Lipinski definition) is 1. The second kappa shape index (κ2) is 7.36. The first kappa shape index (κ1) is 18.2. The van der Waals surface area contributed by atoms with Gasteiger partial charge in [-0.2, -0.15) is 5.10 Å². The van der Waals surface area contributed by atoms with E-state index in [4.69, 9.17) is 4.74 Å². The van der Waals surface area contributed by atoms with Crippen molar-refractivity contribution in [2.24, 2.45) is 0 Å². The van der Waals surface area contributed by atoms with Crippen LogP contribution in [0.5, 0.6) is 0 Å². The van der Waals surface area contributed by atoms with Gasteiger partial charge in [-0.3, -0.25) is 4.68 Å². The molecule has 0 radical (unpaired) electrons. The average molecular weight is 348 g/mol. The van der Waals surface area contributed by atoms with Crippen LogP contribution in [0, 0.1) is 0 Å². The van der Waals surface area contributed by atoms with Crippen LogP contribution in [0.25, 0.3) is 0 Å². The topological polar surface area (TPSA) is 59.4 Å². The summed E-state index contributed by atoms with van der Waals surface area (Å²) in [6.07, 6.45) is 7.04. The molecule has 3 rings (SSSR count). The van der Waals surface area contributed by atoms with Crippen molar-refractivity contribution in [2.75, 3.05) is 0 Å². The number of hydrogen-bond acceptors (Lipinski definition) is 4. The van der Waals surface area contributed by atoms with Gasteiger partial charge in [0.05, 0.1) is 5.69 Å². The normalized spacial score (nSPS) is 26.1. The van der Waals surface area contributed by atoms with E-state index in [1.165, 1.54) is 5.69 Å². The van der Waals surface area contributed by atoms with E-state index in [1.807, 2.05) is 31.9 Å². The number of fused-ring (bicyclic) bond motifs is 2. The van der Waals surface area contributed by atoms with Crippen molar-refractivity contribution in [2.45, 2.75) is 96.6 Å². The van der Waals surface area contributed by atoms with Crippen molar-refractivity contribution in [3.8, 4) is 0 Å². The highest BCUT2D eigenvalue weighted by Gasteiger charge is 2.44. The van der Waals surface area contributed by atoms with Gasteiger partial charge >= 0.3 is 6.09 Å². The van der Waals surface area contributed by atoms with Gasteiger partial charge in [-0.25, -0.2) is 4.79 Å². The molecule has 3 heterocycles. The Bertz CT molecular complexity index is 578. The molecule has 6 heteroatoms. The Balaban J connectivity index is 1.55. The van der Waals surface area contributed by atoms with Crippen molar-refractivity contribution >= 4 is 6.09 Å². The molecule has 140 valence electrons. The lowest BCUT2D eigenvalue weighted by atomic mass is 9.97. The molecule has 1 N–H and O–H groups in total. The summed E-state index contributed by atoms with van der Waals surface area (Å²) in [6.45, 7) is 9.77. The van der Waals surface area contributed by atoms with Gasteiger partial charge in [0.25, 0.3) is 0 Å². The Labute approximate surface area is 150 Å². The maximum absolute atomic E-state index is 12.5. The highest BCUT2D eigenvalue weighted by Crippen LogP contribution is 2.36. The Morgan fingerprint density at radius 1 is 1.32 bits per heavy atom. The minimum absolute atomic E-state index is 0.139. The highest BCUT2D eigenvalue weighted by atomic mass is 16.6. The number of nitrogens with one attached hydrogen (secondary N) is 1. The van der Waals surface area contributed by atoms with E-state index < -0.39 is 5.60 Å². The zero-order chi connectivity index (χ0) is 18.0. The molecule has 2 unspecified atom stereocenters. The minimum atomic E-state index is -0.427. The predicted octanol–water partition coefficient (Wildman–Crippen LogP) is 3.31. The number of aromatic nitrogens is 2. The number of rotatable bonds is 5. The lowest BCUT2D eigenvalue weighted by Gasteiger charge is -2.39. The van der Waals surface area contributed by atoms with Gasteiger partial charge in [0.1, 0.15) is 5.60 Å². The van der Waals surface area contributed by atoms with E-state index in [9.17, 15) is 4.79 Å². The van der Waals surface area contributed by atoms with Gasteiger partial charge in [-0.05, 0) is 58.9 Å². The molecule has 2 aliphatic heterocycles. The first-order valence-corrected chi connectivity index (χ1v) is 9.62. The van der Waals surface area contributed by atoms with Crippen molar-refractivity contribution in [1.29, 1.82) is 0 Å². The number of piperidine rings is 1. The fourth-order valence-electron chi connectivity index (χ4n) is 4.13. The number of amides is 1. The lowest BCUT2D eigenvalue weighted by molar-refractivity contribution is 0.00463. The molecule has 2 aliphatic rings. The summed E-state index contributed by atoms with van der Waals surface area (Å²) < 4.78 is 7.69. The molecule has 1 amide bonds. The Morgan fingerprint density at radius 2 is 2.00 bits per heavy atom. The minimum Gasteiger partial charge on any atom is -0.444 e. The smallest absolute Gasteiger partial charge is 0.410 e. The molecule has 25 heavy (non-hydrogen) atoms. The molecule has 2 atom stereocenters. The van der Waals surface area contributed by atoms with Gasteiger partial charge in [-0.1, -0.05) is 6.92 Å². The van der Waals surface area contributed by atoms with E-state index in [1.54, 1.807) is 0 Å². The van der Waals surface area contributed by atoms with Crippen LogP contribution in [-0.4, -0.2) is 44.5 Å². The molecule has 1 aromatic heterocycles. The molecule has 0 aliphatic carbocycles. The second-order valence-corrected chi connectivity index (χ2v) is 8.37. The monoisotopic (exact) mass is 348 g/mol. The Kier molecular flexibility index (Phi) is 5.37. The number of ether oxygens (including phenoxy) is 1. The number of aryl methyl sites for hydroxylation is 1. The van der Waals surface area contributed by atoms with E-state index in [0.29, 0.717) is 18.1 Å². The summed E-state index contributed by atoms with van der Waals surface area (Å²) in [5, 5.41) is 8.08. The zero-order valence-corrected chi connectivity index (χ0v) is 16.0. The van der Waals surface area contributed by atoms with E-state index in [2.05, 4.69) is 28.1 Å². The fourth-order valence-corrected chi connectivity index (χ4v) is 4.13. The quantitative estimate of drug-likeness (QED) is 0.887. The fraction of sp³-hybridized carbons (Fsp3) is 0.789. The van der Waals surface area contributed by atoms with Gasteiger partial charge < -0.3 is 15.0 Å². The first-order valence-electron chi connectivity index (χ1n) is 9.62. The molecule has 0 spiro atoms. The second-order valence-electron chi connectivity index (χ2n) is 8.37. The predicted molar refractivity (Wildman–Crippen MR) is 97.3 cm³/mol. The molecule has 0 saturated carbocycles. The molecular weight excluding hydrogens is 316 g/mol. The van der Waals surface area contributed by atoms with Crippen molar-refractivity contribution in [1.82, 2.24) is 20.0 Å². The van der Waals surface area contributed by atoms with Crippen LogP contribution in [0.4, 0.5) is 4.79 Å². The highest BCUT2D eigenvalue weighted by molar-refractivity contribution is 5.69. The third kappa shape index (κ3) is 4.35. The van der Waals surface area contributed by atoms with Crippen LogP contribution in [-0.2, 0) is 17.8 Å². The summed E-state index contributed by atoms with van der Waals surface area (Å²) >= 11 is 0. The zero-order valence-electron chi connectivity index (χ0n) is 16.0. The van der Waals surface area contributed by atoms with Gasteiger partial charge in [0.15, 0.2) is 0 Å². The Morgan fingerprint density at radius 3 is 2.60 bits per heavy atom. The molecule has 2 saturated heterocycles.